The minimum Gasteiger partial charge on any atom is -0.324 e. The molecule has 0 heterocycles. The van der Waals surface area contributed by atoms with Crippen LogP contribution in [0.15, 0.2) is 24.3 Å². The van der Waals surface area contributed by atoms with Gasteiger partial charge in [-0.2, -0.15) is 0 Å². The molecular formula is C11H14FN. The second-order valence-corrected chi connectivity index (χ2v) is 3.74. The lowest BCUT2D eigenvalue weighted by atomic mass is 9.77. The Morgan fingerprint density at radius 1 is 1.31 bits per heavy atom. The van der Waals surface area contributed by atoms with Gasteiger partial charge in [0.05, 0.1) is 0 Å². The third-order valence-corrected chi connectivity index (χ3v) is 2.92. The van der Waals surface area contributed by atoms with Gasteiger partial charge in [0.25, 0.3) is 0 Å². The van der Waals surface area contributed by atoms with Crippen LogP contribution >= 0.6 is 0 Å². The van der Waals surface area contributed by atoms with E-state index in [1.54, 1.807) is 12.1 Å². The molecule has 1 aromatic carbocycles. The van der Waals surface area contributed by atoms with E-state index in [9.17, 15) is 4.39 Å². The van der Waals surface area contributed by atoms with Gasteiger partial charge in [-0.3, -0.25) is 0 Å². The molecule has 0 unspecified atom stereocenters. The van der Waals surface area contributed by atoms with Crippen LogP contribution in [0.2, 0.25) is 0 Å². The van der Waals surface area contributed by atoms with Crippen molar-refractivity contribution in [2.75, 3.05) is 0 Å². The highest BCUT2D eigenvalue weighted by molar-refractivity contribution is 5.21. The molecule has 1 saturated carbocycles. The summed E-state index contributed by atoms with van der Waals surface area (Å²) >= 11 is 0. The lowest BCUT2D eigenvalue weighted by Crippen LogP contribution is -2.27. The van der Waals surface area contributed by atoms with Crippen molar-refractivity contribution >= 4 is 0 Å². The highest BCUT2D eigenvalue weighted by Gasteiger charge is 2.26. The quantitative estimate of drug-likeness (QED) is 0.742. The topological polar surface area (TPSA) is 26.0 Å². The van der Waals surface area contributed by atoms with Crippen molar-refractivity contribution in [2.45, 2.75) is 25.3 Å². The lowest BCUT2D eigenvalue weighted by Gasteiger charge is -2.31. The molecule has 1 nitrogen and oxygen atoms in total. The second kappa shape index (κ2) is 3.46. The largest absolute Gasteiger partial charge is 0.324 e. The van der Waals surface area contributed by atoms with Crippen molar-refractivity contribution in [3.63, 3.8) is 0 Å². The molecule has 2 N–H and O–H groups in total. The maximum absolute atomic E-state index is 13.3. The van der Waals surface area contributed by atoms with Gasteiger partial charge in [0.15, 0.2) is 0 Å². The van der Waals surface area contributed by atoms with Gasteiger partial charge in [0, 0.05) is 11.6 Å². The predicted molar refractivity (Wildman–Crippen MR) is 50.7 cm³/mol. The summed E-state index contributed by atoms with van der Waals surface area (Å²) in [5.74, 6) is 0.332. The number of hydrogen-bond acceptors (Lipinski definition) is 1. The minimum atomic E-state index is -0.165. The lowest BCUT2D eigenvalue weighted by molar-refractivity contribution is 0.260. The summed E-state index contributed by atoms with van der Waals surface area (Å²) in [5.41, 5.74) is 6.63. The minimum absolute atomic E-state index is 0.102. The van der Waals surface area contributed by atoms with Crippen molar-refractivity contribution in [3.05, 3.63) is 35.6 Å². The fraction of sp³-hybridized carbons (Fsp3) is 0.455. The highest BCUT2D eigenvalue weighted by atomic mass is 19.1. The van der Waals surface area contributed by atoms with Crippen LogP contribution in [0.4, 0.5) is 4.39 Å². The van der Waals surface area contributed by atoms with Gasteiger partial charge in [-0.1, -0.05) is 24.6 Å². The van der Waals surface area contributed by atoms with E-state index in [1.165, 1.54) is 12.5 Å². The van der Waals surface area contributed by atoms with E-state index < -0.39 is 0 Å². The van der Waals surface area contributed by atoms with E-state index in [-0.39, 0.29) is 11.9 Å². The molecule has 1 aliphatic rings. The summed E-state index contributed by atoms with van der Waals surface area (Å²) in [6, 6.07) is 6.71. The van der Waals surface area contributed by atoms with E-state index in [1.807, 2.05) is 6.07 Å². The number of benzene rings is 1. The van der Waals surface area contributed by atoms with Crippen molar-refractivity contribution in [2.24, 2.45) is 11.7 Å². The molecule has 0 aromatic heterocycles. The first kappa shape index (κ1) is 8.70. The smallest absolute Gasteiger partial charge is 0.127 e. The molecular weight excluding hydrogens is 165 g/mol. The monoisotopic (exact) mass is 179 g/mol. The molecule has 0 saturated heterocycles. The Morgan fingerprint density at radius 2 is 2.00 bits per heavy atom. The van der Waals surface area contributed by atoms with E-state index >= 15 is 0 Å². The predicted octanol–water partition coefficient (Wildman–Crippen LogP) is 2.63. The second-order valence-electron chi connectivity index (χ2n) is 3.74. The maximum atomic E-state index is 13.3. The van der Waals surface area contributed by atoms with Gasteiger partial charge in [-0.25, -0.2) is 4.39 Å². The molecule has 2 rings (SSSR count). The Hall–Kier alpha value is -0.890. The van der Waals surface area contributed by atoms with Crippen LogP contribution in [0.1, 0.15) is 30.9 Å². The summed E-state index contributed by atoms with van der Waals surface area (Å²) in [6.07, 6.45) is 3.54. The highest BCUT2D eigenvalue weighted by Crippen LogP contribution is 2.36. The van der Waals surface area contributed by atoms with E-state index in [0.717, 1.165) is 12.8 Å². The zero-order chi connectivity index (χ0) is 9.26. The van der Waals surface area contributed by atoms with Crippen LogP contribution in [0.3, 0.4) is 0 Å². The Labute approximate surface area is 77.8 Å². The Bertz CT molecular complexity index is 294. The number of rotatable bonds is 2. The van der Waals surface area contributed by atoms with Gasteiger partial charge >= 0.3 is 0 Å². The fourth-order valence-electron chi connectivity index (χ4n) is 1.80. The molecule has 1 atom stereocenters. The standard InChI is InChI=1S/C11H14FN/c12-10-7-2-1-6-9(10)11(13)8-4-3-5-8/h1-2,6-8,11H,3-5,13H2/t11-/m0/s1. The maximum Gasteiger partial charge on any atom is 0.127 e. The van der Waals surface area contributed by atoms with Gasteiger partial charge in [0.2, 0.25) is 0 Å². The first-order valence-electron chi connectivity index (χ1n) is 4.79. The van der Waals surface area contributed by atoms with Crippen LogP contribution in [-0.4, -0.2) is 0 Å². The Balaban J connectivity index is 2.18. The first-order valence-corrected chi connectivity index (χ1v) is 4.79. The van der Waals surface area contributed by atoms with Crippen LogP contribution in [0, 0.1) is 11.7 Å². The molecule has 0 radical (unpaired) electrons. The van der Waals surface area contributed by atoms with Crippen LogP contribution in [-0.2, 0) is 0 Å². The summed E-state index contributed by atoms with van der Waals surface area (Å²) in [6.45, 7) is 0. The van der Waals surface area contributed by atoms with Gasteiger partial charge < -0.3 is 5.73 Å². The number of hydrogen-bond donors (Lipinski definition) is 1. The number of nitrogens with two attached hydrogens (primary N) is 1. The molecule has 1 fully saturated rings. The van der Waals surface area contributed by atoms with Crippen molar-refractivity contribution in [1.29, 1.82) is 0 Å². The fourth-order valence-corrected chi connectivity index (χ4v) is 1.80. The molecule has 2 heteroatoms. The van der Waals surface area contributed by atoms with Crippen molar-refractivity contribution < 1.29 is 4.39 Å². The molecule has 0 bridgehead atoms. The molecule has 0 aliphatic heterocycles. The van der Waals surface area contributed by atoms with E-state index in [4.69, 9.17) is 5.73 Å². The molecule has 1 aromatic rings. The average molecular weight is 179 g/mol. The average Bonchev–Trinajstić information content (AvgIpc) is 2.01. The van der Waals surface area contributed by atoms with Crippen LogP contribution in [0.5, 0.6) is 0 Å². The molecule has 0 spiro atoms. The normalized spacial score (nSPS) is 19.5. The van der Waals surface area contributed by atoms with Crippen molar-refractivity contribution in [3.8, 4) is 0 Å². The van der Waals surface area contributed by atoms with Crippen molar-refractivity contribution in [1.82, 2.24) is 0 Å². The summed E-state index contributed by atoms with van der Waals surface area (Å²) in [5, 5.41) is 0. The third kappa shape index (κ3) is 1.59. The van der Waals surface area contributed by atoms with Crippen LogP contribution in [0.25, 0.3) is 0 Å². The Morgan fingerprint density at radius 3 is 2.54 bits per heavy atom. The first-order chi connectivity index (χ1) is 6.29. The van der Waals surface area contributed by atoms with Crippen LogP contribution < -0.4 is 5.73 Å². The summed E-state index contributed by atoms with van der Waals surface area (Å²) in [7, 11) is 0. The van der Waals surface area contributed by atoms with Gasteiger partial charge in [-0.15, -0.1) is 0 Å². The van der Waals surface area contributed by atoms with E-state index in [0.29, 0.717) is 11.5 Å². The SMILES string of the molecule is N[C@H](c1ccccc1F)C1CCC1. The number of halogens is 1. The molecule has 0 amide bonds. The zero-order valence-electron chi connectivity index (χ0n) is 7.54. The van der Waals surface area contributed by atoms with Gasteiger partial charge in [0.1, 0.15) is 5.82 Å². The molecule has 13 heavy (non-hydrogen) atoms. The third-order valence-electron chi connectivity index (χ3n) is 2.92. The molecule has 70 valence electrons. The summed E-state index contributed by atoms with van der Waals surface area (Å²) < 4.78 is 13.3. The Kier molecular flexibility index (Phi) is 2.32. The zero-order valence-corrected chi connectivity index (χ0v) is 7.54. The van der Waals surface area contributed by atoms with E-state index in [2.05, 4.69) is 0 Å². The summed E-state index contributed by atoms with van der Waals surface area (Å²) in [4.78, 5) is 0. The van der Waals surface area contributed by atoms with Gasteiger partial charge in [-0.05, 0) is 24.8 Å². The molecule has 1 aliphatic carbocycles.